The fraction of sp³-hybridized carbons (Fsp3) is 0.222. The predicted octanol–water partition coefficient (Wildman–Crippen LogP) is 3.49. The summed E-state index contributed by atoms with van der Waals surface area (Å²) in [7, 11) is 0. The molecule has 3 rings (SSSR count). The molecule has 0 N–H and O–H groups in total. The summed E-state index contributed by atoms with van der Waals surface area (Å²) in [5.74, 6) is -0.595. The van der Waals surface area contributed by atoms with Crippen molar-refractivity contribution in [2.24, 2.45) is 0 Å². The van der Waals surface area contributed by atoms with Crippen LogP contribution in [0.4, 0.5) is 14.9 Å². The van der Waals surface area contributed by atoms with Crippen molar-refractivity contribution < 1.29 is 14.0 Å². The molecule has 0 aromatic heterocycles. The summed E-state index contributed by atoms with van der Waals surface area (Å²) < 4.78 is 13.0. The Morgan fingerprint density at radius 2 is 1.61 bits per heavy atom. The van der Waals surface area contributed by atoms with E-state index in [1.54, 1.807) is 19.1 Å². The number of urea groups is 1. The van der Waals surface area contributed by atoms with Crippen LogP contribution in [-0.2, 0) is 11.3 Å². The molecule has 0 unspecified atom stereocenters. The van der Waals surface area contributed by atoms with E-state index in [4.69, 9.17) is 0 Å². The van der Waals surface area contributed by atoms with Gasteiger partial charge in [0.15, 0.2) is 0 Å². The number of rotatable bonds is 3. The topological polar surface area (TPSA) is 40.6 Å². The van der Waals surface area contributed by atoms with Crippen LogP contribution in [0.3, 0.4) is 0 Å². The number of hydrogen-bond acceptors (Lipinski definition) is 2. The Kier molecular flexibility index (Phi) is 3.86. The van der Waals surface area contributed by atoms with Gasteiger partial charge in [0, 0.05) is 5.69 Å². The molecule has 1 saturated heterocycles. The smallest absolute Gasteiger partial charge is 0.282 e. The maximum Gasteiger partial charge on any atom is 0.332 e. The number of halogens is 1. The van der Waals surface area contributed by atoms with Crippen molar-refractivity contribution in [1.29, 1.82) is 0 Å². The summed E-state index contributed by atoms with van der Waals surface area (Å²) in [6.45, 7) is 3.82. The first kappa shape index (κ1) is 15.2. The van der Waals surface area contributed by atoms with Gasteiger partial charge in [-0.2, -0.15) is 0 Å². The Morgan fingerprint density at radius 3 is 2.22 bits per heavy atom. The van der Waals surface area contributed by atoms with Crippen molar-refractivity contribution in [3.8, 4) is 0 Å². The van der Waals surface area contributed by atoms with Gasteiger partial charge in [0.1, 0.15) is 11.9 Å². The number of hydrogen-bond donors (Lipinski definition) is 0. The van der Waals surface area contributed by atoms with Crippen molar-refractivity contribution in [1.82, 2.24) is 4.90 Å². The number of amides is 3. The van der Waals surface area contributed by atoms with Gasteiger partial charge >= 0.3 is 6.03 Å². The van der Waals surface area contributed by atoms with Crippen molar-refractivity contribution in [3.05, 3.63) is 65.5 Å². The molecule has 1 fully saturated rings. The summed E-state index contributed by atoms with van der Waals surface area (Å²) >= 11 is 0. The van der Waals surface area contributed by atoms with Crippen LogP contribution < -0.4 is 4.90 Å². The van der Waals surface area contributed by atoms with E-state index < -0.39 is 6.04 Å². The van der Waals surface area contributed by atoms with Gasteiger partial charge in [-0.3, -0.25) is 14.6 Å². The van der Waals surface area contributed by atoms with Crippen LogP contribution in [0.25, 0.3) is 0 Å². The Hall–Kier alpha value is -2.69. The Bertz CT molecular complexity index is 741. The second-order valence-electron chi connectivity index (χ2n) is 5.71. The number of benzene rings is 2. The van der Waals surface area contributed by atoms with E-state index >= 15 is 0 Å². The Balaban J connectivity index is 1.85. The second-order valence-corrected chi connectivity index (χ2v) is 5.71. The number of carbonyl (C=O) groups excluding carboxylic acids is 2. The minimum Gasteiger partial charge on any atom is -0.282 e. The van der Waals surface area contributed by atoms with Crippen molar-refractivity contribution in [2.75, 3.05) is 4.90 Å². The van der Waals surface area contributed by atoms with Gasteiger partial charge in [0.05, 0.1) is 6.54 Å². The molecule has 118 valence electrons. The highest BCUT2D eigenvalue weighted by molar-refractivity contribution is 6.13. The SMILES string of the molecule is Cc1ccc(N2C(=O)N(Cc3ccc(F)cc3)C(=O)[C@H]2C)cc1. The van der Waals surface area contributed by atoms with Gasteiger partial charge < -0.3 is 0 Å². The van der Waals surface area contributed by atoms with Crippen LogP contribution in [0.5, 0.6) is 0 Å². The van der Waals surface area contributed by atoms with Gasteiger partial charge in [-0.25, -0.2) is 9.18 Å². The molecule has 1 aliphatic rings. The molecule has 3 amide bonds. The monoisotopic (exact) mass is 312 g/mol. The summed E-state index contributed by atoms with van der Waals surface area (Å²) in [5, 5.41) is 0. The fourth-order valence-electron chi connectivity index (χ4n) is 2.68. The number of imide groups is 1. The van der Waals surface area contributed by atoms with Crippen LogP contribution in [0.2, 0.25) is 0 Å². The standard InChI is InChI=1S/C18H17FN2O2/c1-12-3-9-16(10-4-12)21-13(2)17(22)20(18(21)23)11-14-5-7-15(19)8-6-14/h3-10,13H,11H2,1-2H3/t13-/m1/s1. The molecule has 1 atom stereocenters. The first-order valence-electron chi connectivity index (χ1n) is 7.43. The second kappa shape index (κ2) is 5.83. The first-order valence-corrected chi connectivity index (χ1v) is 7.43. The summed E-state index contributed by atoms with van der Waals surface area (Å²) in [4.78, 5) is 27.8. The van der Waals surface area contributed by atoms with E-state index in [2.05, 4.69) is 0 Å². The molecule has 0 aliphatic carbocycles. The van der Waals surface area contributed by atoms with Gasteiger partial charge in [-0.1, -0.05) is 29.8 Å². The van der Waals surface area contributed by atoms with Crippen LogP contribution in [0.15, 0.2) is 48.5 Å². The zero-order valence-corrected chi connectivity index (χ0v) is 13.0. The summed E-state index contributed by atoms with van der Waals surface area (Å²) in [6.07, 6.45) is 0. The lowest BCUT2D eigenvalue weighted by Crippen LogP contribution is -2.33. The van der Waals surface area contributed by atoms with Crippen molar-refractivity contribution in [2.45, 2.75) is 26.4 Å². The maximum atomic E-state index is 13.0. The molecule has 2 aromatic carbocycles. The molecular weight excluding hydrogens is 295 g/mol. The number of nitrogens with zero attached hydrogens (tertiary/aromatic N) is 2. The lowest BCUT2D eigenvalue weighted by atomic mass is 10.2. The zero-order valence-electron chi connectivity index (χ0n) is 13.0. The van der Waals surface area contributed by atoms with E-state index in [1.165, 1.54) is 21.9 Å². The third-order valence-electron chi connectivity index (χ3n) is 4.01. The van der Waals surface area contributed by atoms with Crippen molar-refractivity contribution >= 4 is 17.6 Å². The van der Waals surface area contributed by atoms with Gasteiger partial charge in [0.25, 0.3) is 5.91 Å². The minimum atomic E-state index is -0.550. The molecule has 1 aliphatic heterocycles. The molecule has 0 saturated carbocycles. The molecule has 0 bridgehead atoms. The number of carbonyl (C=O) groups is 2. The quantitative estimate of drug-likeness (QED) is 0.814. The Labute approximate surface area is 134 Å². The molecule has 4 nitrogen and oxygen atoms in total. The van der Waals surface area contributed by atoms with Gasteiger partial charge in [-0.15, -0.1) is 0 Å². The van der Waals surface area contributed by atoms with Crippen LogP contribution in [0.1, 0.15) is 18.1 Å². The van der Waals surface area contributed by atoms with Crippen LogP contribution in [0, 0.1) is 12.7 Å². The van der Waals surface area contributed by atoms with E-state index in [9.17, 15) is 14.0 Å². The lowest BCUT2D eigenvalue weighted by molar-refractivity contribution is -0.127. The normalized spacial score (nSPS) is 18.0. The molecular formula is C18H17FN2O2. The van der Waals surface area contributed by atoms with Crippen LogP contribution >= 0.6 is 0 Å². The van der Waals surface area contributed by atoms with Gasteiger partial charge in [-0.05, 0) is 43.7 Å². The highest BCUT2D eigenvalue weighted by Gasteiger charge is 2.43. The summed E-state index contributed by atoms with van der Waals surface area (Å²) in [5.41, 5.74) is 2.50. The third-order valence-corrected chi connectivity index (χ3v) is 4.01. The number of aryl methyl sites for hydroxylation is 1. The third kappa shape index (κ3) is 2.82. The largest absolute Gasteiger partial charge is 0.332 e. The molecule has 1 heterocycles. The molecule has 2 aromatic rings. The lowest BCUT2D eigenvalue weighted by Gasteiger charge is -2.19. The first-order chi connectivity index (χ1) is 11.0. The number of anilines is 1. The molecule has 5 heteroatoms. The highest BCUT2D eigenvalue weighted by atomic mass is 19.1. The maximum absolute atomic E-state index is 13.0. The van der Waals surface area contributed by atoms with E-state index in [0.717, 1.165) is 5.56 Å². The average molecular weight is 312 g/mol. The molecule has 0 spiro atoms. The summed E-state index contributed by atoms with van der Waals surface area (Å²) in [6, 6.07) is 12.4. The highest BCUT2D eigenvalue weighted by Crippen LogP contribution is 2.27. The zero-order chi connectivity index (χ0) is 16.6. The van der Waals surface area contributed by atoms with E-state index in [1.807, 2.05) is 31.2 Å². The average Bonchev–Trinajstić information content (AvgIpc) is 2.74. The van der Waals surface area contributed by atoms with E-state index in [-0.39, 0.29) is 24.3 Å². The predicted molar refractivity (Wildman–Crippen MR) is 85.5 cm³/mol. The molecule has 23 heavy (non-hydrogen) atoms. The van der Waals surface area contributed by atoms with E-state index in [0.29, 0.717) is 11.3 Å². The fourth-order valence-corrected chi connectivity index (χ4v) is 2.68. The molecule has 0 radical (unpaired) electrons. The minimum absolute atomic E-state index is 0.144. The van der Waals surface area contributed by atoms with Crippen molar-refractivity contribution in [3.63, 3.8) is 0 Å². The Morgan fingerprint density at radius 1 is 1.00 bits per heavy atom. The van der Waals surface area contributed by atoms with Gasteiger partial charge in [0.2, 0.25) is 0 Å². The van der Waals surface area contributed by atoms with Crippen LogP contribution in [-0.4, -0.2) is 22.9 Å².